The second-order valence-electron chi connectivity index (χ2n) is 7.97. The molecule has 1 aromatic rings. The standard InChI is InChI=1S/C19H23ClO/c20-17-10-14-3-1-2-4-18(14)21-19(11-17)15-6-12-5-13(8-15)9-16(19)7-12/h1-4,12-13,15-17H,5-11H2. The molecular formula is C19H23ClO. The van der Waals surface area contributed by atoms with Crippen molar-refractivity contribution in [3.8, 4) is 5.75 Å². The van der Waals surface area contributed by atoms with Gasteiger partial charge in [0.25, 0.3) is 0 Å². The van der Waals surface area contributed by atoms with Gasteiger partial charge in [0, 0.05) is 11.8 Å². The van der Waals surface area contributed by atoms with Gasteiger partial charge in [0.1, 0.15) is 11.4 Å². The fraction of sp³-hybridized carbons (Fsp3) is 0.684. The average Bonchev–Trinajstić information content (AvgIpc) is 2.60. The first kappa shape index (κ1) is 12.8. The third-order valence-corrected chi connectivity index (χ3v) is 7.08. The Hall–Kier alpha value is -0.690. The first-order valence-corrected chi connectivity index (χ1v) is 9.07. The van der Waals surface area contributed by atoms with Gasteiger partial charge >= 0.3 is 0 Å². The molecule has 112 valence electrons. The van der Waals surface area contributed by atoms with Crippen LogP contribution in [0.25, 0.3) is 0 Å². The van der Waals surface area contributed by atoms with E-state index in [-0.39, 0.29) is 11.0 Å². The molecule has 6 rings (SSSR count). The highest BCUT2D eigenvalue weighted by Gasteiger charge is 2.59. The van der Waals surface area contributed by atoms with E-state index in [1.54, 1.807) is 0 Å². The molecule has 1 spiro atoms. The topological polar surface area (TPSA) is 9.23 Å². The van der Waals surface area contributed by atoms with Crippen LogP contribution >= 0.6 is 11.6 Å². The van der Waals surface area contributed by atoms with Crippen molar-refractivity contribution in [2.24, 2.45) is 23.7 Å². The second kappa shape index (κ2) is 4.41. The van der Waals surface area contributed by atoms with Gasteiger partial charge in [-0.3, -0.25) is 0 Å². The zero-order chi connectivity index (χ0) is 14.0. The minimum Gasteiger partial charge on any atom is -0.486 e. The monoisotopic (exact) mass is 302 g/mol. The number of fused-ring (bicyclic) bond motifs is 1. The lowest BCUT2D eigenvalue weighted by molar-refractivity contribution is -0.158. The molecule has 0 radical (unpaired) electrons. The molecule has 1 aliphatic heterocycles. The molecular weight excluding hydrogens is 280 g/mol. The number of benzene rings is 1. The van der Waals surface area contributed by atoms with Crippen molar-refractivity contribution in [2.45, 2.75) is 55.9 Å². The summed E-state index contributed by atoms with van der Waals surface area (Å²) in [4.78, 5) is 0. The van der Waals surface area contributed by atoms with E-state index in [1.807, 2.05) is 0 Å². The van der Waals surface area contributed by atoms with E-state index in [0.717, 1.165) is 42.3 Å². The van der Waals surface area contributed by atoms with Crippen LogP contribution in [0, 0.1) is 23.7 Å². The van der Waals surface area contributed by atoms with E-state index in [9.17, 15) is 0 Å². The van der Waals surface area contributed by atoms with Crippen molar-refractivity contribution in [1.82, 2.24) is 0 Å². The predicted octanol–water partition coefficient (Wildman–Crippen LogP) is 4.81. The molecule has 21 heavy (non-hydrogen) atoms. The van der Waals surface area contributed by atoms with Crippen LogP contribution in [0.2, 0.25) is 0 Å². The summed E-state index contributed by atoms with van der Waals surface area (Å²) in [6.07, 6.45) is 9.06. The summed E-state index contributed by atoms with van der Waals surface area (Å²) in [5, 5.41) is 0.228. The molecule has 2 heteroatoms. The Bertz CT molecular complexity index is 538. The van der Waals surface area contributed by atoms with Crippen molar-refractivity contribution >= 4 is 11.6 Å². The van der Waals surface area contributed by atoms with Crippen LogP contribution in [0.4, 0.5) is 0 Å². The van der Waals surface area contributed by atoms with Gasteiger partial charge < -0.3 is 4.74 Å². The van der Waals surface area contributed by atoms with E-state index in [4.69, 9.17) is 16.3 Å². The van der Waals surface area contributed by atoms with Crippen molar-refractivity contribution in [2.75, 3.05) is 0 Å². The van der Waals surface area contributed by atoms with Gasteiger partial charge in [-0.1, -0.05) is 18.2 Å². The van der Waals surface area contributed by atoms with Crippen molar-refractivity contribution in [3.05, 3.63) is 29.8 Å². The Kier molecular flexibility index (Phi) is 2.69. The molecule has 1 aromatic carbocycles. The molecule has 4 bridgehead atoms. The van der Waals surface area contributed by atoms with E-state index in [1.165, 1.54) is 37.7 Å². The maximum Gasteiger partial charge on any atom is 0.123 e. The summed E-state index contributed by atoms with van der Waals surface area (Å²) in [5.41, 5.74) is 1.36. The number of rotatable bonds is 0. The summed E-state index contributed by atoms with van der Waals surface area (Å²) in [7, 11) is 0. The van der Waals surface area contributed by atoms with Crippen LogP contribution < -0.4 is 4.74 Å². The Balaban J connectivity index is 1.59. The van der Waals surface area contributed by atoms with Gasteiger partial charge in [-0.25, -0.2) is 0 Å². The first-order valence-electron chi connectivity index (χ1n) is 8.64. The minimum absolute atomic E-state index is 0.0481. The molecule has 4 fully saturated rings. The third kappa shape index (κ3) is 1.82. The maximum atomic E-state index is 6.81. The van der Waals surface area contributed by atoms with Gasteiger partial charge in [-0.2, -0.15) is 0 Å². The molecule has 0 N–H and O–H groups in total. The zero-order valence-corrected chi connectivity index (χ0v) is 13.2. The number of ether oxygens (including phenoxy) is 1. The van der Waals surface area contributed by atoms with E-state index >= 15 is 0 Å². The SMILES string of the molecule is ClC1Cc2ccccc2OC2(C1)C1CC3CC(C1)CC2C3. The first-order chi connectivity index (χ1) is 10.2. The second-order valence-corrected chi connectivity index (χ2v) is 8.59. The highest BCUT2D eigenvalue weighted by molar-refractivity contribution is 6.20. The number of hydrogen-bond donors (Lipinski definition) is 0. The van der Waals surface area contributed by atoms with E-state index in [2.05, 4.69) is 24.3 Å². The van der Waals surface area contributed by atoms with E-state index < -0.39 is 0 Å². The smallest absolute Gasteiger partial charge is 0.123 e. The lowest BCUT2D eigenvalue weighted by Gasteiger charge is -2.60. The minimum atomic E-state index is 0.0481. The van der Waals surface area contributed by atoms with Gasteiger partial charge in [-0.15, -0.1) is 11.6 Å². The van der Waals surface area contributed by atoms with Gasteiger partial charge in [0.2, 0.25) is 0 Å². The highest BCUT2D eigenvalue weighted by atomic mass is 35.5. The van der Waals surface area contributed by atoms with Crippen LogP contribution in [-0.4, -0.2) is 11.0 Å². The van der Waals surface area contributed by atoms with Crippen LogP contribution in [-0.2, 0) is 6.42 Å². The summed E-state index contributed by atoms with van der Waals surface area (Å²) in [5.74, 6) is 4.58. The Morgan fingerprint density at radius 2 is 1.62 bits per heavy atom. The summed E-state index contributed by atoms with van der Waals surface area (Å²) >= 11 is 6.75. The van der Waals surface area contributed by atoms with Crippen molar-refractivity contribution < 1.29 is 4.74 Å². The molecule has 4 aliphatic carbocycles. The normalized spacial score (nSPS) is 47.0. The van der Waals surface area contributed by atoms with E-state index in [0.29, 0.717) is 0 Å². The van der Waals surface area contributed by atoms with Gasteiger partial charge in [-0.05, 0) is 73.8 Å². The number of halogens is 1. The fourth-order valence-electron chi connectivity index (χ4n) is 6.16. The molecule has 5 aliphatic rings. The van der Waals surface area contributed by atoms with Gasteiger partial charge in [0.05, 0.1) is 0 Å². The van der Waals surface area contributed by atoms with Crippen LogP contribution in [0.3, 0.4) is 0 Å². The quantitative estimate of drug-likeness (QED) is 0.625. The summed E-state index contributed by atoms with van der Waals surface area (Å²) in [6.45, 7) is 0. The molecule has 1 atom stereocenters. The molecule has 0 amide bonds. The van der Waals surface area contributed by atoms with Crippen LogP contribution in [0.15, 0.2) is 24.3 Å². The number of alkyl halides is 1. The highest BCUT2D eigenvalue weighted by Crippen LogP contribution is 2.61. The lowest BCUT2D eigenvalue weighted by Crippen LogP contribution is -2.61. The number of hydrogen-bond acceptors (Lipinski definition) is 1. The van der Waals surface area contributed by atoms with Crippen LogP contribution in [0.1, 0.15) is 44.1 Å². The molecule has 0 aromatic heterocycles. The Labute approximate surface area is 132 Å². The summed E-state index contributed by atoms with van der Waals surface area (Å²) in [6, 6.07) is 8.58. The Morgan fingerprint density at radius 3 is 2.33 bits per heavy atom. The molecule has 1 unspecified atom stereocenters. The Morgan fingerprint density at radius 1 is 0.952 bits per heavy atom. The average molecular weight is 303 g/mol. The van der Waals surface area contributed by atoms with Crippen molar-refractivity contribution in [3.63, 3.8) is 0 Å². The largest absolute Gasteiger partial charge is 0.486 e. The van der Waals surface area contributed by atoms with Gasteiger partial charge in [0.15, 0.2) is 0 Å². The number of para-hydroxylation sites is 1. The zero-order valence-electron chi connectivity index (χ0n) is 12.4. The lowest BCUT2D eigenvalue weighted by atomic mass is 9.49. The predicted molar refractivity (Wildman–Crippen MR) is 84.8 cm³/mol. The molecule has 1 nitrogen and oxygen atoms in total. The molecule has 0 saturated heterocycles. The molecule has 1 heterocycles. The fourth-order valence-corrected chi connectivity index (χ4v) is 6.56. The summed E-state index contributed by atoms with van der Waals surface area (Å²) < 4.78 is 6.81. The molecule has 4 saturated carbocycles. The van der Waals surface area contributed by atoms with Crippen molar-refractivity contribution in [1.29, 1.82) is 0 Å². The van der Waals surface area contributed by atoms with Crippen LogP contribution in [0.5, 0.6) is 5.75 Å². The maximum absolute atomic E-state index is 6.81. The third-order valence-electron chi connectivity index (χ3n) is 6.77.